The molecule has 1 saturated heterocycles. The van der Waals surface area contributed by atoms with Gasteiger partial charge in [-0.15, -0.1) is 11.8 Å². The lowest BCUT2D eigenvalue weighted by molar-refractivity contribution is -0.129. The van der Waals surface area contributed by atoms with Crippen molar-refractivity contribution in [3.8, 4) is 0 Å². The zero-order valence-corrected chi connectivity index (χ0v) is 13.7. The van der Waals surface area contributed by atoms with Crippen molar-refractivity contribution in [2.45, 2.75) is 23.8 Å². The molecular weight excluding hydrogens is 316 g/mol. The highest BCUT2D eigenvalue weighted by atomic mass is 35.5. The molecule has 2 aromatic rings. The van der Waals surface area contributed by atoms with E-state index < -0.39 is 0 Å². The van der Waals surface area contributed by atoms with E-state index in [0.717, 1.165) is 29.3 Å². The van der Waals surface area contributed by atoms with Crippen LogP contribution in [0, 0.1) is 0 Å². The Balaban J connectivity index is 1.65. The highest BCUT2D eigenvalue weighted by molar-refractivity contribution is 8.00. The molecule has 1 aliphatic heterocycles. The quantitative estimate of drug-likeness (QED) is 0.787. The average Bonchev–Trinajstić information content (AvgIpc) is 3.04. The van der Waals surface area contributed by atoms with Crippen molar-refractivity contribution in [1.82, 2.24) is 9.88 Å². The van der Waals surface area contributed by atoms with Gasteiger partial charge in [0.15, 0.2) is 0 Å². The van der Waals surface area contributed by atoms with Crippen LogP contribution in [0.25, 0.3) is 0 Å². The SMILES string of the molecule is O=C(CSc1ccncc1)N1CCC[C@H]1c1ccc(Cl)cc1. The van der Waals surface area contributed by atoms with E-state index in [1.54, 1.807) is 24.2 Å². The molecular formula is C17H17ClN2OS. The first kappa shape index (κ1) is 15.4. The van der Waals surface area contributed by atoms with E-state index in [1.807, 2.05) is 41.3 Å². The summed E-state index contributed by atoms with van der Waals surface area (Å²) in [5.74, 6) is 0.660. The van der Waals surface area contributed by atoms with Gasteiger partial charge >= 0.3 is 0 Å². The maximum Gasteiger partial charge on any atom is 0.233 e. The number of rotatable bonds is 4. The van der Waals surface area contributed by atoms with Gasteiger partial charge in [0.25, 0.3) is 0 Å². The van der Waals surface area contributed by atoms with E-state index in [1.165, 1.54) is 5.56 Å². The lowest BCUT2D eigenvalue weighted by Gasteiger charge is -2.25. The molecule has 0 N–H and O–H groups in total. The van der Waals surface area contributed by atoms with Gasteiger partial charge in [0.05, 0.1) is 11.8 Å². The molecule has 1 atom stereocenters. The molecule has 0 bridgehead atoms. The third-order valence-corrected chi connectivity index (χ3v) is 5.09. The number of carbonyl (C=O) groups excluding carboxylic acids is 1. The van der Waals surface area contributed by atoms with Crippen LogP contribution in [0.15, 0.2) is 53.7 Å². The lowest BCUT2D eigenvalue weighted by Crippen LogP contribution is -2.31. The molecule has 1 amide bonds. The third-order valence-electron chi connectivity index (χ3n) is 3.84. The number of carbonyl (C=O) groups is 1. The summed E-state index contributed by atoms with van der Waals surface area (Å²) in [6.07, 6.45) is 5.57. The summed E-state index contributed by atoms with van der Waals surface area (Å²) in [6, 6.07) is 11.9. The minimum atomic E-state index is 0.183. The number of pyridine rings is 1. The van der Waals surface area contributed by atoms with Crippen molar-refractivity contribution in [3.05, 3.63) is 59.4 Å². The van der Waals surface area contributed by atoms with Gasteiger partial charge in [0.2, 0.25) is 5.91 Å². The molecule has 1 aliphatic rings. The molecule has 0 saturated carbocycles. The van der Waals surface area contributed by atoms with Crippen LogP contribution in [0.4, 0.5) is 0 Å². The number of aromatic nitrogens is 1. The van der Waals surface area contributed by atoms with Crippen LogP contribution >= 0.6 is 23.4 Å². The molecule has 3 nitrogen and oxygen atoms in total. The maximum atomic E-state index is 12.5. The van der Waals surface area contributed by atoms with Crippen molar-refractivity contribution < 1.29 is 4.79 Å². The van der Waals surface area contributed by atoms with Gasteiger partial charge < -0.3 is 4.90 Å². The second-order valence-electron chi connectivity index (χ2n) is 5.27. The number of nitrogens with zero attached hydrogens (tertiary/aromatic N) is 2. The van der Waals surface area contributed by atoms with Crippen molar-refractivity contribution in [2.75, 3.05) is 12.3 Å². The van der Waals surface area contributed by atoms with Gasteiger partial charge in [-0.3, -0.25) is 9.78 Å². The van der Waals surface area contributed by atoms with Gasteiger partial charge in [0, 0.05) is 28.9 Å². The molecule has 114 valence electrons. The molecule has 0 aliphatic carbocycles. The summed E-state index contributed by atoms with van der Waals surface area (Å²) in [7, 11) is 0. The Morgan fingerprint density at radius 3 is 2.68 bits per heavy atom. The summed E-state index contributed by atoms with van der Waals surface area (Å²) >= 11 is 7.51. The Morgan fingerprint density at radius 1 is 1.23 bits per heavy atom. The third kappa shape index (κ3) is 3.62. The molecule has 0 unspecified atom stereocenters. The summed E-state index contributed by atoms with van der Waals surface area (Å²) in [4.78, 5) is 19.6. The number of halogens is 1. The number of hydrogen-bond acceptors (Lipinski definition) is 3. The Kier molecular flexibility index (Phi) is 5.01. The van der Waals surface area contributed by atoms with Crippen LogP contribution in [0.5, 0.6) is 0 Å². The van der Waals surface area contributed by atoms with Gasteiger partial charge in [-0.25, -0.2) is 0 Å². The Labute approximate surface area is 139 Å². The molecule has 22 heavy (non-hydrogen) atoms. The van der Waals surface area contributed by atoms with Crippen LogP contribution in [-0.2, 0) is 4.79 Å². The van der Waals surface area contributed by atoms with E-state index in [2.05, 4.69) is 4.98 Å². The molecule has 3 rings (SSSR count). The largest absolute Gasteiger partial charge is 0.335 e. The number of benzene rings is 1. The van der Waals surface area contributed by atoms with E-state index >= 15 is 0 Å². The first-order valence-electron chi connectivity index (χ1n) is 7.32. The molecule has 0 radical (unpaired) electrons. The Hall–Kier alpha value is -1.52. The second kappa shape index (κ2) is 7.16. The Bertz CT molecular complexity index is 633. The summed E-state index contributed by atoms with van der Waals surface area (Å²) < 4.78 is 0. The lowest BCUT2D eigenvalue weighted by atomic mass is 10.0. The van der Waals surface area contributed by atoms with Crippen molar-refractivity contribution >= 4 is 29.3 Å². The normalized spacial score (nSPS) is 17.7. The Morgan fingerprint density at radius 2 is 1.95 bits per heavy atom. The van der Waals surface area contributed by atoms with E-state index in [0.29, 0.717) is 5.75 Å². The topological polar surface area (TPSA) is 33.2 Å². The maximum absolute atomic E-state index is 12.5. The molecule has 1 aromatic heterocycles. The standard InChI is InChI=1S/C17H17ClN2OS/c18-14-5-3-13(4-6-14)16-2-1-11-20(16)17(21)12-22-15-7-9-19-10-8-15/h3-10,16H,1-2,11-12H2/t16-/m0/s1. The van der Waals surface area contributed by atoms with Crippen LogP contribution in [-0.4, -0.2) is 28.1 Å². The second-order valence-corrected chi connectivity index (χ2v) is 6.75. The van der Waals surface area contributed by atoms with Crippen molar-refractivity contribution in [2.24, 2.45) is 0 Å². The predicted octanol–water partition coefficient (Wildman–Crippen LogP) is 4.19. The van der Waals surface area contributed by atoms with Crippen molar-refractivity contribution in [1.29, 1.82) is 0 Å². The van der Waals surface area contributed by atoms with Gasteiger partial charge in [-0.05, 0) is 42.7 Å². The first-order chi connectivity index (χ1) is 10.7. The summed E-state index contributed by atoms with van der Waals surface area (Å²) in [5, 5.41) is 0.730. The monoisotopic (exact) mass is 332 g/mol. The highest BCUT2D eigenvalue weighted by Gasteiger charge is 2.29. The van der Waals surface area contributed by atoms with E-state index in [9.17, 15) is 4.79 Å². The van der Waals surface area contributed by atoms with Crippen molar-refractivity contribution in [3.63, 3.8) is 0 Å². The number of hydrogen-bond donors (Lipinski definition) is 0. The van der Waals surface area contributed by atoms with Crippen LogP contribution in [0.2, 0.25) is 5.02 Å². The minimum absolute atomic E-state index is 0.183. The zero-order chi connectivity index (χ0) is 15.4. The van der Waals surface area contributed by atoms with E-state index in [4.69, 9.17) is 11.6 Å². The number of amides is 1. The van der Waals surface area contributed by atoms with E-state index in [-0.39, 0.29) is 11.9 Å². The first-order valence-corrected chi connectivity index (χ1v) is 8.68. The fourth-order valence-corrected chi connectivity index (χ4v) is 3.66. The number of thioether (sulfide) groups is 1. The smallest absolute Gasteiger partial charge is 0.233 e. The zero-order valence-electron chi connectivity index (χ0n) is 12.1. The van der Waals surface area contributed by atoms with Crippen LogP contribution in [0.3, 0.4) is 0 Å². The van der Waals surface area contributed by atoms with Crippen LogP contribution < -0.4 is 0 Å². The van der Waals surface area contributed by atoms with Gasteiger partial charge in [-0.2, -0.15) is 0 Å². The summed E-state index contributed by atoms with van der Waals surface area (Å²) in [5.41, 5.74) is 1.17. The molecule has 0 spiro atoms. The fraction of sp³-hybridized carbons (Fsp3) is 0.294. The molecule has 1 fully saturated rings. The molecule has 2 heterocycles. The van der Waals surface area contributed by atoms with Gasteiger partial charge in [0.1, 0.15) is 0 Å². The minimum Gasteiger partial charge on any atom is -0.335 e. The molecule has 5 heteroatoms. The van der Waals surface area contributed by atoms with Crippen LogP contribution in [0.1, 0.15) is 24.4 Å². The summed E-state index contributed by atoms with van der Waals surface area (Å²) in [6.45, 7) is 0.836. The number of likely N-dealkylation sites (tertiary alicyclic amines) is 1. The van der Waals surface area contributed by atoms with Gasteiger partial charge in [-0.1, -0.05) is 23.7 Å². The fourth-order valence-electron chi connectivity index (χ4n) is 2.76. The predicted molar refractivity (Wildman–Crippen MR) is 90.1 cm³/mol. The molecule has 1 aromatic carbocycles. The average molecular weight is 333 g/mol. The highest BCUT2D eigenvalue weighted by Crippen LogP contribution is 2.33.